The summed E-state index contributed by atoms with van der Waals surface area (Å²) in [6.45, 7) is 0. The largest absolute Gasteiger partial charge is 0.372 e. The molecule has 1 spiro atoms. The summed E-state index contributed by atoms with van der Waals surface area (Å²) in [5, 5.41) is 8.66. The standard InChI is InChI=1S/C13H18BrNO2/c14-9-6-11-8-13(7-9)12(16-11)4-3-10(17-13)2-1-5-15/h9-12H,1-4,6-8H2/t9-,10+,11?,12?,13?/m1/s1. The Hall–Kier alpha value is -0.110. The van der Waals surface area contributed by atoms with E-state index in [9.17, 15) is 0 Å². The minimum atomic E-state index is -0.0462. The molecule has 2 aliphatic heterocycles. The number of halogens is 1. The molecule has 5 atom stereocenters. The molecule has 4 heteroatoms. The van der Waals surface area contributed by atoms with Gasteiger partial charge in [0, 0.05) is 17.7 Å². The number of hydrogen-bond donors (Lipinski definition) is 0. The third-order valence-corrected chi connectivity index (χ3v) is 5.03. The summed E-state index contributed by atoms with van der Waals surface area (Å²) in [6, 6.07) is 2.22. The lowest BCUT2D eigenvalue weighted by Crippen LogP contribution is -2.50. The average Bonchev–Trinajstić information content (AvgIpc) is 2.55. The fourth-order valence-electron chi connectivity index (χ4n) is 3.68. The van der Waals surface area contributed by atoms with Crippen LogP contribution in [0.15, 0.2) is 0 Å². The van der Waals surface area contributed by atoms with Crippen molar-refractivity contribution in [1.82, 2.24) is 0 Å². The van der Waals surface area contributed by atoms with Crippen LogP contribution < -0.4 is 0 Å². The molecule has 3 rings (SSSR count). The molecule has 2 heterocycles. The Bertz CT molecular complexity index is 343. The van der Waals surface area contributed by atoms with Crippen LogP contribution in [0.1, 0.15) is 44.9 Å². The lowest BCUT2D eigenvalue weighted by molar-refractivity contribution is -0.165. The maximum atomic E-state index is 8.66. The zero-order valence-electron chi connectivity index (χ0n) is 9.90. The van der Waals surface area contributed by atoms with Crippen LogP contribution in [0.5, 0.6) is 0 Å². The van der Waals surface area contributed by atoms with Crippen LogP contribution in [0.25, 0.3) is 0 Å². The zero-order chi connectivity index (χ0) is 11.9. The van der Waals surface area contributed by atoms with Crippen LogP contribution in [0.2, 0.25) is 0 Å². The van der Waals surface area contributed by atoms with Gasteiger partial charge in [0.25, 0.3) is 0 Å². The van der Waals surface area contributed by atoms with Crippen molar-refractivity contribution in [1.29, 1.82) is 5.26 Å². The van der Waals surface area contributed by atoms with Gasteiger partial charge in [-0.05, 0) is 32.1 Å². The number of alkyl halides is 1. The second-order valence-corrected chi connectivity index (χ2v) is 6.86. The molecule has 3 unspecified atom stereocenters. The van der Waals surface area contributed by atoms with Gasteiger partial charge in [-0.3, -0.25) is 0 Å². The summed E-state index contributed by atoms with van der Waals surface area (Å²) in [7, 11) is 0. The van der Waals surface area contributed by atoms with Crippen molar-refractivity contribution in [3.8, 4) is 6.07 Å². The first kappa shape index (κ1) is 12.0. The highest BCUT2D eigenvalue weighted by Gasteiger charge is 2.56. The summed E-state index contributed by atoms with van der Waals surface area (Å²) in [5.41, 5.74) is -0.0462. The van der Waals surface area contributed by atoms with E-state index in [1.165, 1.54) is 0 Å². The first-order chi connectivity index (χ1) is 8.22. The van der Waals surface area contributed by atoms with Crippen LogP contribution in [0, 0.1) is 11.3 Å². The minimum absolute atomic E-state index is 0.0462. The molecular formula is C13H18BrNO2. The van der Waals surface area contributed by atoms with Crippen LogP contribution in [0.4, 0.5) is 0 Å². The molecule has 2 saturated heterocycles. The second kappa shape index (κ2) is 4.53. The predicted molar refractivity (Wildman–Crippen MR) is 66.9 cm³/mol. The third-order valence-electron chi connectivity index (χ3n) is 4.33. The van der Waals surface area contributed by atoms with Gasteiger partial charge in [-0.2, -0.15) is 5.26 Å². The topological polar surface area (TPSA) is 42.2 Å². The molecule has 1 saturated carbocycles. The van der Waals surface area contributed by atoms with Crippen molar-refractivity contribution in [3.63, 3.8) is 0 Å². The third kappa shape index (κ3) is 2.14. The normalized spacial score (nSPS) is 48.5. The van der Waals surface area contributed by atoms with Gasteiger partial charge < -0.3 is 9.47 Å². The Morgan fingerprint density at radius 3 is 3.06 bits per heavy atom. The van der Waals surface area contributed by atoms with E-state index in [2.05, 4.69) is 22.0 Å². The maximum absolute atomic E-state index is 8.66. The van der Waals surface area contributed by atoms with Crippen molar-refractivity contribution in [2.45, 2.75) is 73.7 Å². The zero-order valence-corrected chi connectivity index (χ0v) is 11.5. The molecule has 0 aromatic heterocycles. The average molecular weight is 300 g/mol. The van der Waals surface area contributed by atoms with Gasteiger partial charge in [-0.15, -0.1) is 0 Å². The van der Waals surface area contributed by atoms with Crippen molar-refractivity contribution in [2.24, 2.45) is 0 Å². The van der Waals surface area contributed by atoms with Crippen LogP contribution in [-0.4, -0.2) is 28.7 Å². The molecule has 0 aromatic carbocycles. The monoisotopic (exact) mass is 299 g/mol. The predicted octanol–water partition coefficient (Wildman–Crippen LogP) is 2.92. The van der Waals surface area contributed by atoms with E-state index in [1.54, 1.807) is 0 Å². The van der Waals surface area contributed by atoms with Crippen molar-refractivity contribution >= 4 is 15.9 Å². The summed E-state index contributed by atoms with van der Waals surface area (Å²) in [6.07, 6.45) is 7.83. The summed E-state index contributed by atoms with van der Waals surface area (Å²) >= 11 is 3.73. The molecular weight excluding hydrogens is 282 g/mol. The summed E-state index contributed by atoms with van der Waals surface area (Å²) < 4.78 is 12.4. The van der Waals surface area contributed by atoms with Crippen LogP contribution in [-0.2, 0) is 9.47 Å². The van der Waals surface area contributed by atoms with Gasteiger partial charge in [0.05, 0.1) is 30.0 Å². The Morgan fingerprint density at radius 1 is 1.35 bits per heavy atom. The molecule has 94 valence electrons. The Morgan fingerprint density at radius 2 is 2.24 bits per heavy atom. The highest BCUT2D eigenvalue weighted by Crippen LogP contribution is 2.50. The van der Waals surface area contributed by atoms with E-state index in [0.717, 1.165) is 38.5 Å². The van der Waals surface area contributed by atoms with Gasteiger partial charge in [0.15, 0.2) is 0 Å². The number of nitrogens with zero attached hydrogens (tertiary/aromatic N) is 1. The highest BCUT2D eigenvalue weighted by atomic mass is 79.9. The molecule has 1 aliphatic carbocycles. The lowest BCUT2D eigenvalue weighted by atomic mass is 9.78. The lowest BCUT2D eigenvalue weighted by Gasteiger charge is -2.43. The number of ether oxygens (including phenoxy) is 2. The maximum Gasteiger partial charge on any atom is 0.0982 e. The van der Waals surface area contributed by atoms with E-state index >= 15 is 0 Å². The second-order valence-electron chi connectivity index (χ2n) is 5.57. The van der Waals surface area contributed by atoms with E-state index in [1.807, 2.05) is 0 Å². The fraction of sp³-hybridized carbons (Fsp3) is 0.923. The summed E-state index contributed by atoms with van der Waals surface area (Å²) in [4.78, 5) is 0.529. The van der Waals surface area contributed by atoms with Gasteiger partial charge in [0.2, 0.25) is 0 Å². The van der Waals surface area contributed by atoms with E-state index in [0.29, 0.717) is 23.5 Å². The first-order valence-electron chi connectivity index (χ1n) is 6.56. The molecule has 17 heavy (non-hydrogen) atoms. The fourth-order valence-corrected chi connectivity index (χ4v) is 4.64. The molecule has 3 aliphatic rings. The SMILES string of the molecule is N#CCC[C@H]1CCC2OC3C[C@@H](Br)CC2(C3)O1. The molecule has 2 bridgehead atoms. The number of fused-ring (bicyclic) bond motifs is 1. The first-order valence-corrected chi connectivity index (χ1v) is 7.48. The minimum Gasteiger partial charge on any atom is -0.372 e. The van der Waals surface area contributed by atoms with E-state index in [4.69, 9.17) is 14.7 Å². The van der Waals surface area contributed by atoms with E-state index in [-0.39, 0.29) is 11.7 Å². The summed E-state index contributed by atoms with van der Waals surface area (Å²) in [5.74, 6) is 0. The quantitative estimate of drug-likeness (QED) is 0.736. The van der Waals surface area contributed by atoms with Gasteiger partial charge >= 0.3 is 0 Å². The molecule has 0 aromatic rings. The smallest absolute Gasteiger partial charge is 0.0982 e. The number of nitriles is 1. The highest BCUT2D eigenvalue weighted by molar-refractivity contribution is 9.09. The Labute approximate surface area is 111 Å². The molecule has 0 N–H and O–H groups in total. The van der Waals surface area contributed by atoms with Crippen LogP contribution >= 0.6 is 15.9 Å². The van der Waals surface area contributed by atoms with Crippen LogP contribution in [0.3, 0.4) is 0 Å². The van der Waals surface area contributed by atoms with Crippen molar-refractivity contribution in [3.05, 3.63) is 0 Å². The van der Waals surface area contributed by atoms with Crippen molar-refractivity contribution < 1.29 is 9.47 Å². The number of rotatable bonds is 2. The number of hydrogen-bond acceptors (Lipinski definition) is 3. The van der Waals surface area contributed by atoms with Gasteiger partial charge in [0.1, 0.15) is 0 Å². The van der Waals surface area contributed by atoms with Gasteiger partial charge in [-0.25, -0.2) is 0 Å². The Kier molecular flexibility index (Phi) is 3.18. The van der Waals surface area contributed by atoms with Gasteiger partial charge in [-0.1, -0.05) is 15.9 Å². The molecule has 3 nitrogen and oxygen atoms in total. The van der Waals surface area contributed by atoms with E-state index < -0.39 is 0 Å². The molecule has 0 radical (unpaired) electrons. The van der Waals surface area contributed by atoms with Crippen molar-refractivity contribution in [2.75, 3.05) is 0 Å². The molecule has 3 fully saturated rings. The Balaban J connectivity index is 1.71. The molecule has 0 amide bonds.